The van der Waals surface area contributed by atoms with Gasteiger partial charge in [-0.05, 0) is 19.8 Å². The minimum Gasteiger partial charge on any atom is -0.198 e. The van der Waals surface area contributed by atoms with Gasteiger partial charge in [-0.25, -0.2) is 0 Å². The highest BCUT2D eigenvalue weighted by Gasteiger charge is 1.88. The van der Waals surface area contributed by atoms with Crippen molar-refractivity contribution in [2.24, 2.45) is 0 Å². The van der Waals surface area contributed by atoms with Crippen LogP contribution in [-0.2, 0) is 0 Å². The molecule has 0 aliphatic carbocycles. The number of unbranched alkanes of at least 4 members (excludes halogenated alkanes) is 2. The Kier molecular flexibility index (Phi) is 6.82. The average Bonchev–Trinajstić information content (AvgIpc) is 2.01. The Labute approximate surface area is 69.7 Å². The molecule has 1 nitrogen and oxygen atoms in total. The van der Waals surface area contributed by atoms with E-state index in [1.807, 2.05) is 6.08 Å². The third kappa shape index (κ3) is 7.12. The predicted octanol–water partition coefficient (Wildman–Crippen LogP) is 3.43. The van der Waals surface area contributed by atoms with Crippen molar-refractivity contribution in [3.63, 3.8) is 0 Å². The normalized spacial score (nSPS) is 11.2. The van der Waals surface area contributed by atoms with E-state index >= 15 is 0 Å². The highest BCUT2D eigenvalue weighted by Crippen LogP contribution is 2.08. The van der Waals surface area contributed by atoms with Gasteiger partial charge < -0.3 is 0 Å². The third-order valence-electron chi connectivity index (χ3n) is 1.72. The van der Waals surface area contributed by atoms with Gasteiger partial charge in [-0.15, -0.1) is 0 Å². The summed E-state index contributed by atoms with van der Waals surface area (Å²) in [6.07, 6.45) is 7.59. The Morgan fingerprint density at radius 2 is 2.18 bits per heavy atom. The molecular weight excluding hydrogens is 134 g/mol. The van der Waals surface area contributed by atoms with Crippen molar-refractivity contribution < 1.29 is 0 Å². The van der Waals surface area contributed by atoms with E-state index in [-0.39, 0.29) is 0 Å². The van der Waals surface area contributed by atoms with E-state index in [9.17, 15) is 0 Å². The quantitative estimate of drug-likeness (QED) is 0.436. The standard InChI is InChI=1S/C10H17N/c1-3-4-5-7-10(2)8-6-9-11/h8H,3-7H2,1-2H3. The van der Waals surface area contributed by atoms with Crippen molar-refractivity contribution in [3.05, 3.63) is 11.6 Å². The van der Waals surface area contributed by atoms with Crippen molar-refractivity contribution in [2.75, 3.05) is 0 Å². The number of hydrogen-bond acceptors (Lipinski definition) is 1. The minimum absolute atomic E-state index is 0.567. The van der Waals surface area contributed by atoms with Crippen LogP contribution in [-0.4, -0.2) is 0 Å². The second-order valence-corrected chi connectivity index (χ2v) is 2.87. The molecule has 0 aliphatic heterocycles. The lowest BCUT2D eigenvalue weighted by Crippen LogP contribution is -1.78. The Balaban J connectivity index is 3.36. The van der Waals surface area contributed by atoms with E-state index in [1.165, 1.54) is 24.8 Å². The smallest absolute Gasteiger partial charge is 0.0663 e. The van der Waals surface area contributed by atoms with Crippen molar-refractivity contribution >= 4 is 0 Å². The maximum absolute atomic E-state index is 8.29. The summed E-state index contributed by atoms with van der Waals surface area (Å²) >= 11 is 0. The van der Waals surface area contributed by atoms with E-state index < -0.39 is 0 Å². The molecule has 0 bridgehead atoms. The van der Waals surface area contributed by atoms with Crippen molar-refractivity contribution in [1.82, 2.24) is 0 Å². The van der Waals surface area contributed by atoms with Gasteiger partial charge >= 0.3 is 0 Å². The first-order chi connectivity index (χ1) is 5.31. The fourth-order valence-electron chi connectivity index (χ4n) is 0.976. The van der Waals surface area contributed by atoms with Crippen LogP contribution in [0, 0.1) is 11.3 Å². The first-order valence-electron chi connectivity index (χ1n) is 4.33. The molecule has 0 saturated carbocycles. The fraction of sp³-hybridized carbons (Fsp3) is 0.700. The topological polar surface area (TPSA) is 23.8 Å². The summed E-state index contributed by atoms with van der Waals surface area (Å²) in [4.78, 5) is 0. The van der Waals surface area contributed by atoms with Gasteiger partial charge in [0, 0.05) is 0 Å². The van der Waals surface area contributed by atoms with Crippen LogP contribution >= 0.6 is 0 Å². The fourth-order valence-corrected chi connectivity index (χ4v) is 0.976. The molecule has 0 fully saturated rings. The summed E-state index contributed by atoms with van der Waals surface area (Å²) in [6.45, 7) is 4.31. The molecule has 0 aromatic heterocycles. The van der Waals surface area contributed by atoms with Crippen molar-refractivity contribution in [1.29, 1.82) is 5.26 Å². The number of nitrogens with zero attached hydrogens (tertiary/aromatic N) is 1. The Morgan fingerprint density at radius 1 is 1.45 bits per heavy atom. The van der Waals surface area contributed by atoms with Crippen LogP contribution in [0.25, 0.3) is 0 Å². The highest BCUT2D eigenvalue weighted by molar-refractivity contribution is 5.01. The van der Waals surface area contributed by atoms with Crippen LogP contribution in [0.3, 0.4) is 0 Å². The summed E-state index contributed by atoms with van der Waals surface area (Å²) in [7, 11) is 0. The van der Waals surface area contributed by atoms with Crippen molar-refractivity contribution in [2.45, 2.75) is 46.0 Å². The van der Waals surface area contributed by atoms with E-state index in [4.69, 9.17) is 5.26 Å². The van der Waals surface area contributed by atoms with Crippen LogP contribution in [0.5, 0.6) is 0 Å². The number of rotatable bonds is 5. The number of nitriles is 1. The van der Waals surface area contributed by atoms with Crippen LogP contribution < -0.4 is 0 Å². The van der Waals surface area contributed by atoms with Crippen LogP contribution in [0.2, 0.25) is 0 Å². The van der Waals surface area contributed by atoms with Gasteiger partial charge in [0.15, 0.2) is 0 Å². The molecule has 0 saturated heterocycles. The summed E-state index contributed by atoms with van der Waals surface area (Å²) in [5.41, 5.74) is 1.36. The summed E-state index contributed by atoms with van der Waals surface area (Å²) in [6, 6.07) is 2.11. The second-order valence-electron chi connectivity index (χ2n) is 2.87. The molecule has 0 amide bonds. The maximum Gasteiger partial charge on any atom is 0.0663 e. The molecule has 0 atom stereocenters. The third-order valence-corrected chi connectivity index (χ3v) is 1.72. The van der Waals surface area contributed by atoms with Gasteiger partial charge in [-0.1, -0.05) is 31.4 Å². The van der Waals surface area contributed by atoms with E-state index in [2.05, 4.69) is 19.9 Å². The first-order valence-corrected chi connectivity index (χ1v) is 4.33. The lowest BCUT2D eigenvalue weighted by Gasteiger charge is -1.97. The monoisotopic (exact) mass is 151 g/mol. The molecule has 0 heterocycles. The zero-order chi connectivity index (χ0) is 8.53. The van der Waals surface area contributed by atoms with Gasteiger partial charge in [-0.2, -0.15) is 5.26 Å². The largest absolute Gasteiger partial charge is 0.198 e. The Bertz CT molecular complexity index is 151. The Morgan fingerprint density at radius 3 is 2.73 bits per heavy atom. The Hall–Kier alpha value is -0.770. The predicted molar refractivity (Wildman–Crippen MR) is 48.1 cm³/mol. The molecule has 62 valence electrons. The number of allylic oxidation sites excluding steroid dienone is 2. The van der Waals surface area contributed by atoms with Crippen LogP contribution in [0.4, 0.5) is 0 Å². The maximum atomic E-state index is 8.29. The van der Waals surface area contributed by atoms with Gasteiger partial charge in [0.05, 0.1) is 12.5 Å². The lowest BCUT2D eigenvalue weighted by molar-refractivity contribution is 0.712. The van der Waals surface area contributed by atoms with Gasteiger partial charge in [0.2, 0.25) is 0 Å². The van der Waals surface area contributed by atoms with Gasteiger partial charge in [0.1, 0.15) is 0 Å². The molecule has 1 heteroatoms. The molecule has 11 heavy (non-hydrogen) atoms. The van der Waals surface area contributed by atoms with Crippen molar-refractivity contribution in [3.8, 4) is 6.07 Å². The lowest BCUT2D eigenvalue weighted by atomic mass is 10.1. The highest BCUT2D eigenvalue weighted by atomic mass is 14.2. The van der Waals surface area contributed by atoms with Crippen LogP contribution in [0.15, 0.2) is 11.6 Å². The summed E-state index contributed by atoms with van der Waals surface area (Å²) in [5, 5.41) is 8.29. The second kappa shape index (κ2) is 7.34. The molecule has 0 aromatic carbocycles. The molecular formula is C10H17N. The minimum atomic E-state index is 0.567. The van der Waals surface area contributed by atoms with Gasteiger partial charge in [-0.3, -0.25) is 0 Å². The van der Waals surface area contributed by atoms with E-state index in [0.29, 0.717) is 6.42 Å². The number of hydrogen-bond donors (Lipinski definition) is 0. The average molecular weight is 151 g/mol. The molecule has 0 spiro atoms. The zero-order valence-corrected chi connectivity index (χ0v) is 7.56. The molecule has 0 unspecified atom stereocenters. The molecule has 0 N–H and O–H groups in total. The SMILES string of the molecule is CCCCCC(C)=CCC#N. The molecule has 0 aromatic rings. The van der Waals surface area contributed by atoms with Crippen LogP contribution in [0.1, 0.15) is 46.0 Å². The molecule has 0 rings (SSSR count). The summed E-state index contributed by atoms with van der Waals surface area (Å²) in [5.74, 6) is 0. The van der Waals surface area contributed by atoms with E-state index in [1.54, 1.807) is 0 Å². The van der Waals surface area contributed by atoms with E-state index in [0.717, 1.165) is 6.42 Å². The van der Waals surface area contributed by atoms with Gasteiger partial charge in [0.25, 0.3) is 0 Å². The zero-order valence-electron chi connectivity index (χ0n) is 7.56. The molecule has 0 aliphatic rings. The first kappa shape index (κ1) is 10.2. The summed E-state index contributed by atoms with van der Waals surface area (Å²) < 4.78 is 0. The molecule has 0 radical (unpaired) electrons.